The molecule has 0 N–H and O–H groups in total. The number of benzene rings is 4. The third-order valence-corrected chi connectivity index (χ3v) is 9.61. The van der Waals surface area contributed by atoms with Gasteiger partial charge in [0.05, 0.1) is 48.3 Å². The first-order valence-electron chi connectivity index (χ1n) is 15.0. The Hall–Kier alpha value is -4.93. The summed E-state index contributed by atoms with van der Waals surface area (Å²) in [6.45, 7) is 3.77. The number of carbonyl (C=O) groups is 1. The molecule has 48 heavy (non-hydrogen) atoms. The first-order chi connectivity index (χ1) is 23.3. The fourth-order valence-corrected chi connectivity index (χ4v) is 7.50. The van der Waals surface area contributed by atoms with E-state index in [2.05, 4.69) is 28.7 Å². The van der Waals surface area contributed by atoms with Crippen molar-refractivity contribution >= 4 is 56.7 Å². The lowest BCUT2D eigenvalue weighted by molar-refractivity contribution is -0.139. The number of nitriles is 1. The smallest absolute Gasteiger partial charge is 0.338 e. The van der Waals surface area contributed by atoms with Crippen LogP contribution < -0.4 is 29.1 Å². The van der Waals surface area contributed by atoms with Crippen LogP contribution in [0, 0.1) is 14.9 Å². The topological polar surface area (TPSA) is 112 Å². The second-order valence-corrected chi connectivity index (χ2v) is 13.0. The van der Waals surface area contributed by atoms with Crippen LogP contribution in [0.1, 0.15) is 42.1 Å². The lowest BCUT2D eigenvalue weighted by Crippen LogP contribution is -2.40. The minimum absolute atomic E-state index is 0.117. The zero-order chi connectivity index (χ0) is 33.9. The van der Waals surface area contributed by atoms with Crippen molar-refractivity contribution in [1.29, 1.82) is 5.26 Å². The van der Waals surface area contributed by atoms with Crippen LogP contribution in [0.5, 0.6) is 17.2 Å². The summed E-state index contributed by atoms with van der Waals surface area (Å²) in [6, 6.07) is 23.9. The van der Waals surface area contributed by atoms with Gasteiger partial charge in [-0.15, -0.1) is 0 Å². The molecule has 0 bridgehead atoms. The molecule has 5 aromatic rings. The second-order valence-electron chi connectivity index (χ2n) is 10.8. The second kappa shape index (κ2) is 14.0. The number of hydrogen-bond donors (Lipinski definition) is 0. The van der Waals surface area contributed by atoms with Crippen LogP contribution in [0.25, 0.3) is 16.8 Å². The predicted molar refractivity (Wildman–Crippen MR) is 192 cm³/mol. The van der Waals surface area contributed by atoms with Gasteiger partial charge in [-0.1, -0.05) is 59.9 Å². The van der Waals surface area contributed by atoms with E-state index in [1.54, 1.807) is 50.8 Å². The van der Waals surface area contributed by atoms with Gasteiger partial charge in [0.1, 0.15) is 18.4 Å². The molecule has 0 fully saturated rings. The molecule has 9 nitrogen and oxygen atoms in total. The average Bonchev–Trinajstić information content (AvgIpc) is 3.40. The summed E-state index contributed by atoms with van der Waals surface area (Å²) in [4.78, 5) is 33.3. The number of halogens is 1. The van der Waals surface area contributed by atoms with E-state index in [1.165, 1.54) is 11.3 Å². The Kier molecular flexibility index (Phi) is 9.66. The van der Waals surface area contributed by atoms with E-state index in [1.807, 2.05) is 60.7 Å². The van der Waals surface area contributed by atoms with Crippen molar-refractivity contribution in [3.8, 4) is 23.3 Å². The Labute approximate surface area is 294 Å². The fraction of sp³-hybridized carbons (Fsp3) is 0.189. The molecule has 6 rings (SSSR count). The van der Waals surface area contributed by atoms with Crippen LogP contribution >= 0.6 is 33.9 Å². The molecule has 1 aromatic heterocycles. The largest absolute Gasteiger partial charge is 0.496 e. The number of fused-ring (bicyclic) bond motifs is 2. The van der Waals surface area contributed by atoms with Crippen LogP contribution in [0.3, 0.4) is 0 Å². The Bertz CT molecular complexity index is 2340. The average molecular weight is 772 g/mol. The van der Waals surface area contributed by atoms with Gasteiger partial charge < -0.3 is 18.9 Å². The SMILES string of the molecule is CCOC(=O)C1=C(C)N=c2sc(=Cc3cc(I)cc(OC)c3OCc3ccccc3C#N)c(=O)n2C1c1c(OC)ccc2ccccc12. The molecule has 0 aliphatic carbocycles. The van der Waals surface area contributed by atoms with Crippen LogP contribution in [0.4, 0.5) is 0 Å². The third kappa shape index (κ3) is 6.09. The molecule has 1 aliphatic heterocycles. The molecule has 0 spiro atoms. The van der Waals surface area contributed by atoms with Crippen LogP contribution in [0.15, 0.2) is 93.9 Å². The van der Waals surface area contributed by atoms with Crippen molar-refractivity contribution in [2.24, 2.45) is 4.99 Å². The molecular weight excluding hydrogens is 741 g/mol. The fourth-order valence-electron chi connectivity index (χ4n) is 5.85. The van der Waals surface area contributed by atoms with E-state index in [0.29, 0.717) is 49.0 Å². The number of thiazole rings is 1. The minimum atomic E-state index is -0.868. The van der Waals surface area contributed by atoms with Crippen molar-refractivity contribution in [2.75, 3.05) is 20.8 Å². The summed E-state index contributed by atoms with van der Waals surface area (Å²) in [7, 11) is 3.12. The number of hydrogen-bond acceptors (Lipinski definition) is 9. The van der Waals surface area contributed by atoms with Crippen molar-refractivity contribution in [2.45, 2.75) is 26.5 Å². The van der Waals surface area contributed by atoms with Gasteiger partial charge in [-0.05, 0) is 77.6 Å². The Morgan fingerprint density at radius 1 is 1.06 bits per heavy atom. The zero-order valence-corrected chi connectivity index (χ0v) is 29.5. The lowest BCUT2D eigenvalue weighted by Gasteiger charge is -2.27. The molecule has 0 saturated carbocycles. The number of carbonyl (C=O) groups excluding carboxylic acids is 1. The highest BCUT2D eigenvalue weighted by atomic mass is 127. The number of rotatable bonds is 9. The molecule has 242 valence electrons. The molecule has 1 aliphatic rings. The third-order valence-electron chi connectivity index (χ3n) is 8.01. The molecule has 1 unspecified atom stereocenters. The van der Waals surface area contributed by atoms with Gasteiger partial charge >= 0.3 is 5.97 Å². The molecular formula is C37H30IN3O6S. The summed E-state index contributed by atoms with van der Waals surface area (Å²) in [6.07, 6.45) is 1.75. The molecule has 0 radical (unpaired) electrons. The molecule has 2 heterocycles. The minimum Gasteiger partial charge on any atom is -0.496 e. The van der Waals surface area contributed by atoms with Gasteiger partial charge in [-0.3, -0.25) is 9.36 Å². The van der Waals surface area contributed by atoms with Gasteiger partial charge in [-0.2, -0.15) is 5.26 Å². The first-order valence-corrected chi connectivity index (χ1v) is 16.9. The maximum Gasteiger partial charge on any atom is 0.338 e. The number of methoxy groups -OCH3 is 2. The zero-order valence-electron chi connectivity index (χ0n) is 26.6. The summed E-state index contributed by atoms with van der Waals surface area (Å²) in [5.41, 5.74) is 2.88. The monoisotopic (exact) mass is 771 g/mol. The Balaban J connectivity index is 1.58. The summed E-state index contributed by atoms with van der Waals surface area (Å²) < 4.78 is 26.1. The highest BCUT2D eigenvalue weighted by molar-refractivity contribution is 14.1. The van der Waals surface area contributed by atoms with Gasteiger partial charge in [-0.25, -0.2) is 9.79 Å². The number of ether oxygens (including phenoxy) is 4. The number of esters is 1. The predicted octanol–water partition coefficient (Wildman–Crippen LogP) is 6.02. The van der Waals surface area contributed by atoms with Gasteiger partial charge in [0, 0.05) is 20.3 Å². The highest BCUT2D eigenvalue weighted by Gasteiger charge is 2.36. The van der Waals surface area contributed by atoms with Crippen LogP contribution in [0.2, 0.25) is 0 Å². The quantitative estimate of drug-likeness (QED) is 0.133. The van der Waals surface area contributed by atoms with E-state index in [9.17, 15) is 14.9 Å². The summed E-state index contributed by atoms with van der Waals surface area (Å²) in [5, 5.41) is 11.4. The van der Waals surface area contributed by atoms with Gasteiger partial charge in [0.15, 0.2) is 16.3 Å². The number of allylic oxidation sites excluding steroid dienone is 1. The maximum atomic E-state index is 14.5. The molecule has 1 atom stereocenters. The van der Waals surface area contributed by atoms with Crippen molar-refractivity contribution in [3.05, 3.63) is 130 Å². The highest BCUT2D eigenvalue weighted by Crippen LogP contribution is 2.40. The van der Waals surface area contributed by atoms with Crippen LogP contribution in [-0.2, 0) is 16.1 Å². The molecule has 0 saturated heterocycles. The normalized spacial score (nSPS) is 14.2. The molecule has 0 amide bonds. The van der Waals surface area contributed by atoms with E-state index in [0.717, 1.165) is 19.9 Å². The standard InChI is InChI=1S/C37H30IN3O6S/c1-5-46-36(43)31-21(2)40-37-41(33(31)32-27-13-9-8-10-22(27)14-15-28(32)44-3)35(42)30(48-37)17-25-16-26(38)18-29(45-4)34(25)47-20-24-12-7-6-11-23(24)19-39/h6-18,33H,5,20H2,1-4H3. The van der Waals surface area contributed by atoms with E-state index < -0.39 is 12.0 Å². The summed E-state index contributed by atoms with van der Waals surface area (Å²) in [5.74, 6) is 0.880. The van der Waals surface area contributed by atoms with Crippen molar-refractivity contribution in [1.82, 2.24) is 4.57 Å². The summed E-state index contributed by atoms with van der Waals surface area (Å²) >= 11 is 3.40. The van der Waals surface area contributed by atoms with Crippen molar-refractivity contribution in [3.63, 3.8) is 0 Å². The maximum absolute atomic E-state index is 14.5. The van der Waals surface area contributed by atoms with E-state index >= 15 is 0 Å². The van der Waals surface area contributed by atoms with Crippen molar-refractivity contribution < 1.29 is 23.7 Å². The van der Waals surface area contributed by atoms with E-state index in [-0.39, 0.29) is 24.3 Å². The van der Waals surface area contributed by atoms with Gasteiger partial charge in [0.2, 0.25) is 0 Å². The van der Waals surface area contributed by atoms with Crippen LogP contribution in [-0.4, -0.2) is 31.4 Å². The molecule has 11 heteroatoms. The van der Waals surface area contributed by atoms with E-state index in [4.69, 9.17) is 23.9 Å². The Morgan fingerprint density at radius 3 is 2.56 bits per heavy atom. The Morgan fingerprint density at radius 2 is 1.81 bits per heavy atom. The molecule has 4 aromatic carbocycles. The lowest BCUT2D eigenvalue weighted by atomic mass is 9.90. The first kappa shape index (κ1) is 33.0. The number of aromatic nitrogens is 1. The van der Waals surface area contributed by atoms with Gasteiger partial charge in [0.25, 0.3) is 5.56 Å². The number of nitrogens with zero attached hydrogens (tertiary/aromatic N) is 3.